The third-order valence-electron chi connectivity index (χ3n) is 5.77. The van der Waals surface area contributed by atoms with Gasteiger partial charge < -0.3 is 10.0 Å². The standard InChI is InChI=1S/C19H30N2O/c1-3-21(4-2)16-8-5-14(6-9-16)18-11-7-15-13-17(22)10-12-19(15)20-18/h5,10,15-16,19,22H,3-4,6-9,11-13H2,1-2H3/t15-,16+,19+/m1/s1. The lowest BCUT2D eigenvalue weighted by Crippen LogP contribution is -2.37. The Kier molecular flexibility index (Phi) is 5.02. The number of hydrogen-bond donors (Lipinski definition) is 1. The summed E-state index contributed by atoms with van der Waals surface area (Å²) in [5.41, 5.74) is 2.88. The van der Waals surface area contributed by atoms with Crippen LogP contribution in [-0.4, -0.2) is 40.9 Å². The van der Waals surface area contributed by atoms with Gasteiger partial charge >= 0.3 is 0 Å². The number of hydrogen-bond acceptors (Lipinski definition) is 3. The Bertz CT molecular complexity index is 488. The normalized spacial score (nSPS) is 32.1. The van der Waals surface area contributed by atoms with Gasteiger partial charge in [-0.05, 0) is 69.2 Å². The van der Waals surface area contributed by atoms with Crippen molar-refractivity contribution in [3.05, 3.63) is 23.5 Å². The third kappa shape index (κ3) is 3.29. The van der Waals surface area contributed by atoms with Crippen LogP contribution in [0.25, 0.3) is 0 Å². The number of aliphatic hydroxyl groups excluding tert-OH is 1. The smallest absolute Gasteiger partial charge is 0.0887 e. The molecular formula is C19H30N2O. The monoisotopic (exact) mass is 302 g/mol. The molecular weight excluding hydrogens is 272 g/mol. The van der Waals surface area contributed by atoms with E-state index >= 15 is 0 Å². The van der Waals surface area contributed by atoms with Gasteiger partial charge in [-0.3, -0.25) is 4.99 Å². The summed E-state index contributed by atoms with van der Waals surface area (Å²) in [5, 5.41) is 9.69. The molecule has 3 nitrogen and oxygen atoms in total. The molecule has 0 aromatic heterocycles. The largest absolute Gasteiger partial charge is 0.513 e. The number of allylic oxidation sites excluding steroid dienone is 2. The first-order valence-corrected chi connectivity index (χ1v) is 9.09. The van der Waals surface area contributed by atoms with E-state index in [1.807, 2.05) is 6.08 Å². The zero-order valence-electron chi connectivity index (χ0n) is 14.1. The van der Waals surface area contributed by atoms with Crippen LogP contribution in [0.3, 0.4) is 0 Å². The van der Waals surface area contributed by atoms with E-state index < -0.39 is 0 Å². The van der Waals surface area contributed by atoms with Crippen molar-refractivity contribution in [3.63, 3.8) is 0 Å². The maximum Gasteiger partial charge on any atom is 0.0887 e. The Hall–Kier alpha value is -1.09. The Morgan fingerprint density at radius 2 is 1.95 bits per heavy atom. The van der Waals surface area contributed by atoms with Crippen LogP contribution in [0, 0.1) is 5.92 Å². The minimum absolute atomic E-state index is 0.418. The van der Waals surface area contributed by atoms with Crippen molar-refractivity contribution in [1.29, 1.82) is 0 Å². The quantitative estimate of drug-likeness (QED) is 0.842. The molecule has 3 heteroatoms. The zero-order valence-corrected chi connectivity index (χ0v) is 14.1. The van der Waals surface area contributed by atoms with Crippen molar-refractivity contribution in [2.45, 2.75) is 70.9 Å². The summed E-state index contributed by atoms with van der Waals surface area (Å²) in [4.78, 5) is 7.64. The summed E-state index contributed by atoms with van der Waals surface area (Å²) in [6, 6.07) is 1.14. The van der Waals surface area contributed by atoms with E-state index in [0.717, 1.165) is 38.4 Å². The fourth-order valence-electron chi connectivity index (χ4n) is 4.37. The third-order valence-corrected chi connectivity index (χ3v) is 5.77. The highest BCUT2D eigenvalue weighted by Crippen LogP contribution is 2.35. The summed E-state index contributed by atoms with van der Waals surface area (Å²) >= 11 is 0. The summed E-state index contributed by atoms with van der Waals surface area (Å²) < 4.78 is 0. The average Bonchev–Trinajstić information content (AvgIpc) is 2.56. The van der Waals surface area contributed by atoms with Crippen LogP contribution in [0.2, 0.25) is 0 Å². The summed E-state index contributed by atoms with van der Waals surface area (Å²) in [7, 11) is 0. The second-order valence-corrected chi connectivity index (χ2v) is 6.96. The molecule has 0 saturated carbocycles. The van der Waals surface area contributed by atoms with Crippen molar-refractivity contribution >= 4 is 5.71 Å². The first kappa shape index (κ1) is 15.8. The first-order valence-electron chi connectivity index (χ1n) is 9.09. The zero-order chi connectivity index (χ0) is 15.5. The van der Waals surface area contributed by atoms with Crippen molar-refractivity contribution in [2.24, 2.45) is 10.9 Å². The molecule has 0 saturated heterocycles. The van der Waals surface area contributed by atoms with Gasteiger partial charge in [-0.15, -0.1) is 0 Å². The average molecular weight is 302 g/mol. The fourth-order valence-corrected chi connectivity index (χ4v) is 4.37. The number of fused-ring (bicyclic) bond motifs is 1. The van der Waals surface area contributed by atoms with Gasteiger partial charge in [-0.2, -0.15) is 0 Å². The predicted octanol–water partition coefficient (Wildman–Crippen LogP) is 4.26. The minimum atomic E-state index is 0.418. The molecule has 1 N–H and O–H groups in total. The lowest BCUT2D eigenvalue weighted by molar-refractivity contribution is 0.203. The van der Waals surface area contributed by atoms with Gasteiger partial charge in [0.15, 0.2) is 0 Å². The lowest BCUT2D eigenvalue weighted by atomic mass is 9.79. The van der Waals surface area contributed by atoms with Crippen molar-refractivity contribution in [2.75, 3.05) is 13.1 Å². The Morgan fingerprint density at radius 1 is 1.14 bits per heavy atom. The maximum absolute atomic E-state index is 9.69. The first-order chi connectivity index (χ1) is 10.7. The van der Waals surface area contributed by atoms with E-state index in [4.69, 9.17) is 4.99 Å². The van der Waals surface area contributed by atoms with E-state index in [1.165, 1.54) is 37.0 Å². The second-order valence-electron chi connectivity index (χ2n) is 6.96. The van der Waals surface area contributed by atoms with E-state index in [-0.39, 0.29) is 0 Å². The predicted molar refractivity (Wildman–Crippen MR) is 92.5 cm³/mol. The van der Waals surface area contributed by atoms with Crippen LogP contribution in [0.1, 0.15) is 58.8 Å². The molecule has 3 rings (SSSR count). The Labute approximate surface area is 134 Å². The van der Waals surface area contributed by atoms with Crippen molar-refractivity contribution in [1.82, 2.24) is 4.90 Å². The van der Waals surface area contributed by atoms with E-state index in [2.05, 4.69) is 24.8 Å². The fraction of sp³-hybridized carbons (Fsp3) is 0.737. The van der Waals surface area contributed by atoms with Gasteiger partial charge in [-0.25, -0.2) is 0 Å². The number of aliphatic hydroxyl groups is 1. The molecule has 122 valence electrons. The molecule has 3 atom stereocenters. The molecule has 3 aliphatic rings. The minimum Gasteiger partial charge on any atom is -0.513 e. The topological polar surface area (TPSA) is 35.8 Å². The van der Waals surface area contributed by atoms with E-state index in [1.54, 1.807) is 0 Å². The number of aliphatic imine (C=N–C) groups is 1. The highest BCUT2D eigenvalue weighted by atomic mass is 16.3. The molecule has 0 unspecified atom stereocenters. The van der Waals surface area contributed by atoms with E-state index in [0.29, 0.717) is 17.7 Å². The van der Waals surface area contributed by atoms with Gasteiger partial charge in [0.05, 0.1) is 11.8 Å². The molecule has 0 amide bonds. The highest BCUT2D eigenvalue weighted by Gasteiger charge is 2.31. The van der Waals surface area contributed by atoms with Crippen LogP contribution >= 0.6 is 0 Å². The summed E-state index contributed by atoms with van der Waals surface area (Å²) in [6.07, 6.45) is 12.2. The number of rotatable bonds is 4. The van der Waals surface area contributed by atoms with Gasteiger partial charge in [0.1, 0.15) is 0 Å². The Morgan fingerprint density at radius 3 is 2.64 bits per heavy atom. The Balaban J connectivity index is 1.66. The lowest BCUT2D eigenvalue weighted by Gasteiger charge is -2.35. The molecule has 0 aromatic carbocycles. The summed E-state index contributed by atoms with van der Waals surface area (Å²) in [6.45, 7) is 6.84. The molecule has 1 heterocycles. The van der Waals surface area contributed by atoms with Gasteiger partial charge in [-0.1, -0.05) is 19.9 Å². The molecule has 0 aromatic rings. The van der Waals surface area contributed by atoms with Crippen LogP contribution in [0.4, 0.5) is 0 Å². The SMILES string of the molecule is CCN(CC)[C@H]1CC=C(C2=N[C@H]3CC=C(O)C[C@H]3CC2)CC1. The van der Waals surface area contributed by atoms with Gasteiger partial charge in [0.2, 0.25) is 0 Å². The number of nitrogens with zero attached hydrogens (tertiary/aromatic N) is 2. The van der Waals surface area contributed by atoms with Crippen LogP contribution in [0.5, 0.6) is 0 Å². The molecule has 2 aliphatic carbocycles. The van der Waals surface area contributed by atoms with E-state index in [9.17, 15) is 5.11 Å². The second kappa shape index (κ2) is 6.99. The van der Waals surface area contributed by atoms with Crippen LogP contribution < -0.4 is 0 Å². The molecule has 0 fully saturated rings. The summed E-state index contributed by atoms with van der Waals surface area (Å²) in [5.74, 6) is 1.15. The van der Waals surface area contributed by atoms with Gasteiger partial charge in [0.25, 0.3) is 0 Å². The molecule has 1 aliphatic heterocycles. The molecule has 0 bridgehead atoms. The van der Waals surface area contributed by atoms with Crippen LogP contribution in [-0.2, 0) is 0 Å². The molecule has 22 heavy (non-hydrogen) atoms. The molecule has 0 radical (unpaired) electrons. The van der Waals surface area contributed by atoms with Crippen molar-refractivity contribution in [3.8, 4) is 0 Å². The van der Waals surface area contributed by atoms with Crippen molar-refractivity contribution < 1.29 is 5.11 Å². The van der Waals surface area contributed by atoms with Gasteiger partial charge in [0, 0.05) is 18.2 Å². The molecule has 0 spiro atoms. The van der Waals surface area contributed by atoms with Crippen LogP contribution in [0.15, 0.2) is 28.5 Å². The highest BCUT2D eigenvalue weighted by molar-refractivity contribution is 6.00. The maximum atomic E-state index is 9.69.